The molecule has 0 spiro atoms. The molecule has 0 amide bonds. The van der Waals surface area contributed by atoms with Crippen LogP contribution in [0.4, 0.5) is 11.4 Å². The molecule has 6 heteroatoms. The maximum absolute atomic E-state index is 11.0. The third-order valence-electron chi connectivity index (χ3n) is 2.59. The van der Waals surface area contributed by atoms with E-state index in [1.54, 1.807) is 24.5 Å². The van der Waals surface area contributed by atoms with Crippen LogP contribution in [0.25, 0.3) is 0 Å². The summed E-state index contributed by atoms with van der Waals surface area (Å²) in [5, 5.41) is 12.1. The topological polar surface area (TPSA) is 101 Å². The zero-order valence-corrected chi connectivity index (χ0v) is 10.4. The number of aryl methyl sites for hydroxylation is 1. The Kier molecular flexibility index (Phi) is 3.61. The number of hydrogen-bond acceptors (Lipinski definition) is 5. The summed E-state index contributed by atoms with van der Waals surface area (Å²) in [7, 11) is 0. The first kappa shape index (κ1) is 12.8. The largest absolute Gasteiger partial charge is 0.478 e. The fourth-order valence-electron chi connectivity index (χ4n) is 1.55. The highest BCUT2D eigenvalue weighted by Gasteiger charge is 2.08. The molecule has 2 aromatic rings. The summed E-state index contributed by atoms with van der Waals surface area (Å²) in [6, 6.07) is 4.79. The lowest BCUT2D eigenvalue weighted by Gasteiger charge is -2.08. The molecule has 0 aliphatic carbocycles. The average molecular weight is 258 g/mol. The summed E-state index contributed by atoms with van der Waals surface area (Å²) in [5.74, 6) is -1.05. The first-order valence-corrected chi connectivity index (χ1v) is 5.70. The zero-order chi connectivity index (χ0) is 13.8. The van der Waals surface area contributed by atoms with Gasteiger partial charge in [-0.05, 0) is 25.1 Å². The Bertz CT molecular complexity index is 596. The van der Waals surface area contributed by atoms with Gasteiger partial charge in [0.25, 0.3) is 0 Å². The first-order valence-electron chi connectivity index (χ1n) is 5.70. The number of nitrogens with two attached hydrogens (primary N) is 1. The number of carbonyl (C=O) groups is 1. The molecule has 6 nitrogen and oxygen atoms in total. The van der Waals surface area contributed by atoms with E-state index in [4.69, 9.17) is 10.8 Å². The molecule has 1 aromatic heterocycles. The van der Waals surface area contributed by atoms with Gasteiger partial charge in [-0.1, -0.05) is 0 Å². The number of nitrogen functional groups attached to an aromatic ring is 1. The van der Waals surface area contributed by atoms with Gasteiger partial charge in [0.05, 0.1) is 29.7 Å². The molecule has 0 saturated carbocycles. The number of aromatic carboxylic acids is 1. The fraction of sp³-hybridized carbons (Fsp3) is 0.154. The van der Waals surface area contributed by atoms with Crippen LogP contribution in [-0.2, 0) is 6.54 Å². The molecular formula is C13H14N4O2. The molecule has 0 aliphatic rings. The van der Waals surface area contributed by atoms with Crippen molar-refractivity contribution in [1.82, 2.24) is 9.97 Å². The van der Waals surface area contributed by atoms with Crippen molar-refractivity contribution >= 4 is 17.3 Å². The van der Waals surface area contributed by atoms with Gasteiger partial charge in [0.1, 0.15) is 0 Å². The highest BCUT2D eigenvalue weighted by atomic mass is 16.4. The first-order chi connectivity index (χ1) is 9.06. The smallest absolute Gasteiger partial charge is 0.337 e. The second-order valence-corrected chi connectivity index (χ2v) is 4.11. The quantitative estimate of drug-likeness (QED) is 0.721. The van der Waals surface area contributed by atoms with Gasteiger partial charge in [-0.3, -0.25) is 9.97 Å². The molecule has 1 aromatic carbocycles. The van der Waals surface area contributed by atoms with Crippen LogP contribution in [0.2, 0.25) is 0 Å². The standard InChI is InChI=1S/C13H14N4O2/c1-8-5-16-10(6-15-8)7-17-9-2-3-12(14)11(4-9)13(18)19/h2-6,17H,7,14H2,1H3,(H,18,19). The highest BCUT2D eigenvalue weighted by Crippen LogP contribution is 2.18. The van der Waals surface area contributed by atoms with E-state index in [-0.39, 0.29) is 11.3 Å². The van der Waals surface area contributed by atoms with E-state index in [9.17, 15) is 4.79 Å². The zero-order valence-electron chi connectivity index (χ0n) is 10.4. The number of anilines is 2. The number of nitrogens with one attached hydrogen (secondary N) is 1. The molecular weight excluding hydrogens is 244 g/mol. The molecule has 0 saturated heterocycles. The van der Waals surface area contributed by atoms with Gasteiger partial charge in [0, 0.05) is 17.6 Å². The second kappa shape index (κ2) is 5.34. The van der Waals surface area contributed by atoms with Gasteiger partial charge >= 0.3 is 5.97 Å². The van der Waals surface area contributed by atoms with Gasteiger partial charge in [-0.25, -0.2) is 4.79 Å². The van der Waals surface area contributed by atoms with Crippen LogP contribution < -0.4 is 11.1 Å². The summed E-state index contributed by atoms with van der Waals surface area (Å²) in [6.45, 7) is 2.33. The van der Waals surface area contributed by atoms with Gasteiger partial charge in [-0.2, -0.15) is 0 Å². The maximum atomic E-state index is 11.0. The minimum atomic E-state index is -1.05. The van der Waals surface area contributed by atoms with Gasteiger partial charge in [0.2, 0.25) is 0 Å². The maximum Gasteiger partial charge on any atom is 0.337 e. The van der Waals surface area contributed by atoms with Crippen molar-refractivity contribution in [3.63, 3.8) is 0 Å². The molecule has 0 unspecified atom stereocenters. The lowest BCUT2D eigenvalue weighted by Crippen LogP contribution is -2.06. The number of carboxylic acids is 1. The molecule has 1 heterocycles. The minimum absolute atomic E-state index is 0.0833. The second-order valence-electron chi connectivity index (χ2n) is 4.11. The van der Waals surface area contributed by atoms with Crippen LogP contribution in [0.15, 0.2) is 30.6 Å². The Morgan fingerprint density at radius 1 is 1.37 bits per heavy atom. The third-order valence-corrected chi connectivity index (χ3v) is 2.59. The Balaban J connectivity index is 2.09. The van der Waals surface area contributed by atoms with Gasteiger partial charge in [0.15, 0.2) is 0 Å². The molecule has 0 radical (unpaired) electrons. The monoisotopic (exact) mass is 258 g/mol. The molecule has 4 N–H and O–H groups in total. The van der Waals surface area contributed by atoms with Crippen LogP contribution in [0.1, 0.15) is 21.7 Å². The van der Waals surface area contributed by atoms with Crippen molar-refractivity contribution in [3.8, 4) is 0 Å². The predicted octanol–water partition coefficient (Wildman–Crippen LogP) is 1.68. The van der Waals surface area contributed by atoms with Crippen LogP contribution >= 0.6 is 0 Å². The normalized spacial score (nSPS) is 10.2. The minimum Gasteiger partial charge on any atom is -0.478 e. The lowest BCUT2D eigenvalue weighted by atomic mass is 10.1. The van der Waals surface area contributed by atoms with Crippen LogP contribution in [0.3, 0.4) is 0 Å². The van der Waals surface area contributed by atoms with Crippen LogP contribution in [0, 0.1) is 6.92 Å². The van der Waals surface area contributed by atoms with Crippen molar-refractivity contribution in [2.24, 2.45) is 0 Å². The summed E-state index contributed by atoms with van der Waals surface area (Å²) in [6.07, 6.45) is 3.36. The van der Waals surface area contributed by atoms with Crippen molar-refractivity contribution < 1.29 is 9.90 Å². The Hall–Kier alpha value is -2.63. The van der Waals surface area contributed by atoms with E-state index < -0.39 is 5.97 Å². The number of benzene rings is 1. The fourth-order valence-corrected chi connectivity index (χ4v) is 1.55. The van der Waals surface area contributed by atoms with Crippen molar-refractivity contribution in [2.75, 3.05) is 11.1 Å². The molecule has 0 atom stereocenters. The van der Waals surface area contributed by atoms with E-state index in [2.05, 4.69) is 15.3 Å². The summed E-state index contributed by atoms with van der Waals surface area (Å²) in [4.78, 5) is 19.3. The molecule has 0 fully saturated rings. The van der Waals surface area contributed by atoms with Crippen molar-refractivity contribution in [3.05, 3.63) is 47.5 Å². The van der Waals surface area contributed by atoms with Crippen molar-refractivity contribution in [2.45, 2.75) is 13.5 Å². The van der Waals surface area contributed by atoms with Crippen LogP contribution in [-0.4, -0.2) is 21.0 Å². The summed E-state index contributed by atoms with van der Waals surface area (Å²) >= 11 is 0. The number of hydrogen-bond donors (Lipinski definition) is 3. The van der Waals surface area contributed by atoms with E-state index in [0.29, 0.717) is 12.2 Å². The number of rotatable bonds is 4. The molecule has 98 valence electrons. The Labute approximate surface area is 110 Å². The molecule has 0 bridgehead atoms. The molecule has 19 heavy (non-hydrogen) atoms. The SMILES string of the molecule is Cc1cnc(CNc2ccc(N)c(C(=O)O)c2)cn1. The third kappa shape index (κ3) is 3.19. The summed E-state index contributed by atoms with van der Waals surface area (Å²) in [5.41, 5.74) is 8.21. The number of carboxylic acid groups (broad SMARTS) is 1. The summed E-state index contributed by atoms with van der Waals surface area (Å²) < 4.78 is 0. The predicted molar refractivity (Wildman–Crippen MR) is 71.9 cm³/mol. The van der Waals surface area contributed by atoms with E-state index in [1.165, 1.54) is 6.07 Å². The van der Waals surface area contributed by atoms with Gasteiger partial charge < -0.3 is 16.2 Å². The Morgan fingerprint density at radius 3 is 2.79 bits per heavy atom. The number of aromatic nitrogens is 2. The average Bonchev–Trinajstić information content (AvgIpc) is 2.39. The Morgan fingerprint density at radius 2 is 2.16 bits per heavy atom. The lowest BCUT2D eigenvalue weighted by molar-refractivity contribution is 0.0698. The number of nitrogens with zero attached hydrogens (tertiary/aromatic N) is 2. The van der Waals surface area contributed by atoms with E-state index in [1.807, 2.05) is 6.92 Å². The van der Waals surface area contributed by atoms with Crippen LogP contribution in [0.5, 0.6) is 0 Å². The molecule has 2 rings (SSSR count). The highest BCUT2D eigenvalue weighted by molar-refractivity contribution is 5.94. The molecule has 0 aliphatic heterocycles. The van der Waals surface area contributed by atoms with E-state index in [0.717, 1.165) is 11.4 Å². The van der Waals surface area contributed by atoms with Crippen molar-refractivity contribution in [1.29, 1.82) is 0 Å². The van der Waals surface area contributed by atoms with E-state index >= 15 is 0 Å². The van der Waals surface area contributed by atoms with Gasteiger partial charge in [-0.15, -0.1) is 0 Å².